The lowest BCUT2D eigenvalue weighted by Crippen LogP contribution is -2.48. The Morgan fingerprint density at radius 1 is 1.14 bits per heavy atom. The number of amides is 2. The highest BCUT2D eigenvalue weighted by Gasteiger charge is 2.26. The van der Waals surface area contributed by atoms with Crippen molar-refractivity contribution in [1.82, 2.24) is 15.2 Å². The molecule has 7 heteroatoms. The molecule has 1 N–H and O–H groups in total. The summed E-state index contributed by atoms with van der Waals surface area (Å²) in [6, 6.07) is 11.7. The number of carbonyl (C=O) groups is 2. The number of ether oxygens (including phenoxy) is 1. The maximum atomic E-state index is 12.7. The fourth-order valence-electron chi connectivity index (χ4n) is 3.91. The summed E-state index contributed by atoms with van der Waals surface area (Å²) in [7, 11) is 0. The van der Waals surface area contributed by atoms with Crippen LogP contribution in [0.1, 0.15) is 18.1 Å². The van der Waals surface area contributed by atoms with Crippen LogP contribution in [0.5, 0.6) is 5.75 Å². The zero-order valence-corrected chi connectivity index (χ0v) is 16.6. The summed E-state index contributed by atoms with van der Waals surface area (Å²) in [4.78, 5) is 32.8. The van der Waals surface area contributed by atoms with E-state index in [0.29, 0.717) is 32.7 Å². The summed E-state index contributed by atoms with van der Waals surface area (Å²) in [6.45, 7) is 5.29. The quantitative estimate of drug-likeness (QED) is 0.853. The van der Waals surface area contributed by atoms with Crippen molar-refractivity contribution < 1.29 is 14.3 Å². The van der Waals surface area contributed by atoms with Gasteiger partial charge < -0.3 is 19.9 Å². The average Bonchev–Trinajstić information content (AvgIpc) is 2.77. The van der Waals surface area contributed by atoms with Gasteiger partial charge in [-0.05, 0) is 24.1 Å². The number of benzene rings is 1. The molecule has 1 aromatic heterocycles. The standard InChI is InChI=1S/C22H26N4O3/c1-16(27)25-9-11-26(12-10-25)21-18(6-4-8-23-21)14-24-22(28)19-13-17-5-2-3-7-20(17)29-15-19/h2-8,19H,9-15H2,1H3,(H,24,28). The first-order chi connectivity index (χ1) is 14.1. The van der Waals surface area contributed by atoms with Crippen molar-refractivity contribution >= 4 is 17.6 Å². The molecule has 152 valence electrons. The number of hydrogen-bond acceptors (Lipinski definition) is 5. The van der Waals surface area contributed by atoms with E-state index in [1.807, 2.05) is 41.3 Å². The number of nitrogens with one attached hydrogen (secondary N) is 1. The maximum absolute atomic E-state index is 12.7. The number of para-hydroxylation sites is 1. The van der Waals surface area contributed by atoms with Crippen LogP contribution in [-0.2, 0) is 22.6 Å². The zero-order chi connectivity index (χ0) is 20.2. The highest BCUT2D eigenvalue weighted by molar-refractivity contribution is 5.79. The number of aromatic nitrogens is 1. The molecule has 7 nitrogen and oxygen atoms in total. The lowest BCUT2D eigenvalue weighted by atomic mass is 9.96. The highest BCUT2D eigenvalue weighted by Crippen LogP contribution is 2.27. The monoisotopic (exact) mass is 394 g/mol. The molecule has 1 saturated heterocycles. The number of anilines is 1. The summed E-state index contributed by atoms with van der Waals surface area (Å²) in [6.07, 6.45) is 2.46. The zero-order valence-electron chi connectivity index (χ0n) is 16.6. The third-order valence-electron chi connectivity index (χ3n) is 5.59. The first-order valence-corrected chi connectivity index (χ1v) is 10.0. The summed E-state index contributed by atoms with van der Waals surface area (Å²) in [5.41, 5.74) is 2.05. The summed E-state index contributed by atoms with van der Waals surface area (Å²) >= 11 is 0. The van der Waals surface area contributed by atoms with Crippen LogP contribution >= 0.6 is 0 Å². The van der Waals surface area contributed by atoms with E-state index in [9.17, 15) is 9.59 Å². The fourth-order valence-corrected chi connectivity index (χ4v) is 3.91. The Hall–Kier alpha value is -3.09. The molecule has 2 aliphatic rings. The Balaban J connectivity index is 1.37. The van der Waals surface area contributed by atoms with E-state index < -0.39 is 0 Å². The first-order valence-electron chi connectivity index (χ1n) is 10.0. The molecule has 0 bridgehead atoms. The molecule has 2 amide bonds. The highest BCUT2D eigenvalue weighted by atomic mass is 16.5. The van der Waals surface area contributed by atoms with Crippen molar-refractivity contribution in [2.24, 2.45) is 5.92 Å². The molecule has 1 atom stereocenters. The van der Waals surface area contributed by atoms with Gasteiger partial charge in [0.25, 0.3) is 0 Å². The van der Waals surface area contributed by atoms with Gasteiger partial charge in [0.15, 0.2) is 0 Å². The van der Waals surface area contributed by atoms with Crippen LogP contribution in [0, 0.1) is 5.92 Å². The molecular formula is C22H26N4O3. The molecule has 2 aromatic rings. The number of rotatable bonds is 4. The number of hydrogen-bond donors (Lipinski definition) is 1. The number of piperazine rings is 1. The summed E-state index contributed by atoms with van der Waals surface area (Å²) < 4.78 is 5.74. The van der Waals surface area contributed by atoms with Gasteiger partial charge in [-0.3, -0.25) is 9.59 Å². The van der Waals surface area contributed by atoms with Crippen molar-refractivity contribution in [2.45, 2.75) is 19.9 Å². The minimum Gasteiger partial charge on any atom is -0.492 e. The van der Waals surface area contributed by atoms with Crippen molar-refractivity contribution in [3.05, 3.63) is 53.7 Å². The number of pyridine rings is 1. The van der Waals surface area contributed by atoms with Gasteiger partial charge in [-0.25, -0.2) is 4.98 Å². The summed E-state index contributed by atoms with van der Waals surface area (Å²) in [5, 5.41) is 3.06. The third-order valence-corrected chi connectivity index (χ3v) is 5.59. The van der Waals surface area contributed by atoms with Gasteiger partial charge in [0.1, 0.15) is 18.2 Å². The average molecular weight is 394 g/mol. The SMILES string of the molecule is CC(=O)N1CCN(c2ncccc2CNC(=O)C2COc3ccccc3C2)CC1. The van der Waals surface area contributed by atoms with Crippen molar-refractivity contribution in [3.8, 4) is 5.75 Å². The van der Waals surface area contributed by atoms with Crippen molar-refractivity contribution in [3.63, 3.8) is 0 Å². The van der Waals surface area contributed by atoms with E-state index in [1.165, 1.54) is 0 Å². The van der Waals surface area contributed by atoms with Gasteiger partial charge in [-0.2, -0.15) is 0 Å². The number of nitrogens with zero attached hydrogens (tertiary/aromatic N) is 3. The molecule has 3 heterocycles. The Kier molecular flexibility index (Phi) is 5.64. The van der Waals surface area contributed by atoms with Gasteiger partial charge in [0, 0.05) is 51.4 Å². The predicted molar refractivity (Wildman–Crippen MR) is 110 cm³/mol. The molecular weight excluding hydrogens is 368 g/mol. The smallest absolute Gasteiger partial charge is 0.227 e. The van der Waals surface area contributed by atoms with Gasteiger partial charge >= 0.3 is 0 Å². The van der Waals surface area contributed by atoms with Crippen LogP contribution in [-0.4, -0.2) is 54.5 Å². The Morgan fingerprint density at radius 2 is 1.93 bits per heavy atom. The molecule has 1 fully saturated rings. The lowest BCUT2D eigenvalue weighted by Gasteiger charge is -2.35. The molecule has 0 aliphatic carbocycles. The van der Waals surface area contributed by atoms with Crippen LogP contribution in [0.15, 0.2) is 42.6 Å². The molecule has 29 heavy (non-hydrogen) atoms. The molecule has 4 rings (SSSR count). The molecule has 0 spiro atoms. The van der Waals surface area contributed by atoms with Crippen LogP contribution in [0.4, 0.5) is 5.82 Å². The van der Waals surface area contributed by atoms with Gasteiger partial charge in [-0.1, -0.05) is 24.3 Å². The Labute approximate surface area is 170 Å². The van der Waals surface area contributed by atoms with Crippen LogP contribution in [0.3, 0.4) is 0 Å². The van der Waals surface area contributed by atoms with Crippen LogP contribution in [0.2, 0.25) is 0 Å². The van der Waals surface area contributed by atoms with E-state index in [2.05, 4.69) is 15.2 Å². The normalized spacial score (nSPS) is 18.6. The Morgan fingerprint density at radius 3 is 2.72 bits per heavy atom. The lowest BCUT2D eigenvalue weighted by molar-refractivity contribution is -0.129. The summed E-state index contributed by atoms with van der Waals surface area (Å²) in [5.74, 6) is 1.66. The van der Waals surface area contributed by atoms with E-state index in [0.717, 1.165) is 35.8 Å². The van der Waals surface area contributed by atoms with Crippen LogP contribution in [0.25, 0.3) is 0 Å². The molecule has 1 aromatic carbocycles. The topological polar surface area (TPSA) is 74.8 Å². The van der Waals surface area contributed by atoms with Crippen LogP contribution < -0.4 is 15.0 Å². The Bertz CT molecular complexity index is 893. The molecule has 1 unspecified atom stereocenters. The van der Waals surface area contributed by atoms with Gasteiger partial charge in [-0.15, -0.1) is 0 Å². The van der Waals surface area contributed by atoms with E-state index in [-0.39, 0.29) is 17.7 Å². The fraction of sp³-hybridized carbons (Fsp3) is 0.409. The molecule has 2 aliphatic heterocycles. The number of fused-ring (bicyclic) bond motifs is 1. The molecule has 0 radical (unpaired) electrons. The van der Waals surface area contributed by atoms with E-state index >= 15 is 0 Å². The third kappa shape index (κ3) is 4.34. The predicted octanol–water partition coefficient (Wildman–Crippen LogP) is 1.62. The molecule has 0 saturated carbocycles. The van der Waals surface area contributed by atoms with Gasteiger partial charge in [0.05, 0.1) is 5.92 Å². The minimum absolute atomic E-state index is 0.00398. The largest absolute Gasteiger partial charge is 0.492 e. The number of carbonyl (C=O) groups excluding carboxylic acids is 2. The van der Waals surface area contributed by atoms with Crippen molar-refractivity contribution in [2.75, 3.05) is 37.7 Å². The van der Waals surface area contributed by atoms with Gasteiger partial charge in [0.2, 0.25) is 11.8 Å². The maximum Gasteiger partial charge on any atom is 0.227 e. The van der Waals surface area contributed by atoms with Crippen molar-refractivity contribution in [1.29, 1.82) is 0 Å². The second-order valence-corrected chi connectivity index (χ2v) is 7.52. The van der Waals surface area contributed by atoms with E-state index in [4.69, 9.17) is 4.74 Å². The van der Waals surface area contributed by atoms with E-state index in [1.54, 1.807) is 13.1 Å². The minimum atomic E-state index is -0.191. The second-order valence-electron chi connectivity index (χ2n) is 7.52. The first kappa shape index (κ1) is 19.2. The second kappa shape index (κ2) is 8.51.